The van der Waals surface area contributed by atoms with Crippen LogP contribution in [0.25, 0.3) is 0 Å². The molecule has 9 heteroatoms. The number of amides is 1. The number of aliphatic imine (C=N–C) groups is 1. The minimum absolute atomic E-state index is 0.320. The average Bonchev–Trinajstić information content (AvgIpc) is 2.81. The molecule has 1 amide bonds. The van der Waals surface area contributed by atoms with E-state index in [2.05, 4.69) is 25.8 Å². The Morgan fingerprint density at radius 3 is 2.74 bits per heavy atom. The van der Waals surface area contributed by atoms with Gasteiger partial charge in [-0.2, -0.15) is 10.4 Å². The normalized spacial score (nSPS) is 11.1. The molecule has 126 valence electrons. The Kier molecular flexibility index (Phi) is 6.38. The standard InChI is InChI=1S/C14H23N7O2/c1-14(2,3)23-13(22)17-7-6-16-11-10(8-15)12(20-19-11)18-9-21(4)5/h9H,6-7H2,1-5H3,(H,17,22)(H2,16,19,20)/b18-9+. The molecule has 0 bridgehead atoms. The molecule has 0 fully saturated rings. The van der Waals surface area contributed by atoms with E-state index in [4.69, 9.17) is 4.74 Å². The van der Waals surface area contributed by atoms with E-state index >= 15 is 0 Å². The quantitative estimate of drug-likeness (QED) is 0.414. The molecule has 0 aliphatic heterocycles. The van der Waals surface area contributed by atoms with Crippen molar-refractivity contribution in [3.05, 3.63) is 5.56 Å². The Balaban J connectivity index is 2.50. The highest BCUT2D eigenvalue weighted by atomic mass is 16.6. The number of alkyl carbamates (subject to hydrolysis) is 1. The summed E-state index contributed by atoms with van der Waals surface area (Å²) in [5.74, 6) is 0.771. The first-order valence-electron chi connectivity index (χ1n) is 7.12. The summed E-state index contributed by atoms with van der Waals surface area (Å²) in [5, 5.41) is 21.5. The number of nitrogens with zero attached hydrogens (tertiary/aromatic N) is 4. The van der Waals surface area contributed by atoms with E-state index in [-0.39, 0.29) is 0 Å². The molecule has 23 heavy (non-hydrogen) atoms. The summed E-state index contributed by atoms with van der Waals surface area (Å²) >= 11 is 0. The van der Waals surface area contributed by atoms with E-state index in [1.807, 2.05) is 20.2 Å². The highest BCUT2D eigenvalue weighted by Gasteiger charge is 2.16. The Morgan fingerprint density at radius 2 is 2.17 bits per heavy atom. The summed E-state index contributed by atoms with van der Waals surface area (Å²) in [4.78, 5) is 17.4. The molecule has 1 rings (SSSR count). The van der Waals surface area contributed by atoms with Crippen LogP contribution in [-0.2, 0) is 4.74 Å². The Morgan fingerprint density at radius 1 is 1.48 bits per heavy atom. The lowest BCUT2D eigenvalue weighted by atomic mass is 10.2. The largest absolute Gasteiger partial charge is 0.444 e. The van der Waals surface area contributed by atoms with Crippen LogP contribution in [0.1, 0.15) is 26.3 Å². The van der Waals surface area contributed by atoms with Crippen LogP contribution < -0.4 is 10.6 Å². The van der Waals surface area contributed by atoms with Crippen LogP contribution in [0.2, 0.25) is 0 Å². The predicted octanol–water partition coefficient (Wildman–Crippen LogP) is 1.44. The zero-order valence-corrected chi connectivity index (χ0v) is 14.1. The monoisotopic (exact) mass is 321 g/mol. The number of aromatic nitrogens is 2. The molecule has 0 aliphatic rings. The topological polar surface area (TPSA) is 118 Å². The molecule has 9 nitrogen and oxygen atoms in total. The number of carbonyl (C=O) groups excluding carboxylic acids is 1. The molecule has 0 aromatic carbocycles. The zero-order chi connectivity index (χ0) is 17.5. The maximum absolute atomic E-state index is 11.5. The summed E-state index contributed by atoms with van der Waals surface area (Å²) in [6.07, 6.45) is 1.08. The van der Waals surface area contributed by atoms with Crippen molar-refractivity contribution < 1.29 is 9.53 Å². The van der Waals surface area contributed by atoms with Crippen LogP contribution in [0.15, 0.2) is 4.99 Å². The molecule has 0 saturated heterocycles. The third-order valence-electron chi connectivity index (χ3n) is 2.36. The molecule has 0 spiro atoms. The first-order valence-corrected chi connectivity index (χ1v) is 7.12. The maximum Gasteiger partial charge on any atom is 0.407 e. The lowest BCUT2D eigenvalue weighted by molar-refractivity contribution is 0.0530. The number of anilines is 1. The fraction of sp³-hybridized carbons (Fsp3) is 0.571. The van der Waals surface area contributed by atoms with Gasteiger partial charge in [0.2, 0.25) is 0 Å². The second-order valence-electron chi connectivity index (χ2n) is 5.97. The Labute approximate surface area is 135 Å². The number of hydrogen-bond donors (Lipinski definition) is 3. The number of rotatable bonds is 6. The van der Waals surface area contributed by atoms with E-state index in [9.17, 15) is 10.1 Å². The van der Waals surface area contributed by atoms with Gasteiger partial charge in [0.15, 0.2) is 11.6 Å². The highest BCUT2D eigenvalue weighted by Crippen LogP contribution is 2.21. The number of hydrogen-bond acceptors (Lipinski definition) is 6. The third-order valence-corrected chi connectivity index (χ3v) is 2.36. The Bertz CT molecular complexity index is 593. The van der Waals surface area contributed by atoms with Gasteiger partial charge in [-0.05, 0) is 20.8 Å². The van der Waals surface area contributed by atoms with Crippen molar-refractivity contribution in [1.29, 1.82) is 5.26 Å². The van der Waals surface area contributed by atoms with Gasteiger partial charge >= 0.3 is 6.09 Å². The molecule has 1 aromatic rings. The van der Waals surface area contributed by atoms with E-state index in [1.165, 1.54) is 0 Å². The van der Waals surface area contributed by atoms with Crippen LogP contribution in [0, 0.1) is 11.3 Å². The average molecular weight is 321 g/mol. The van der Waals surface area contributed by atoms with Crippen molar-refractivity contribution >= 4 is 24.1 Å². The molecular formula is C14H23N7O2. The van der Waals surface area contributed by atoms with Gasteiger partial charge in [0.25, 0.3) is 0 Å². The van der Waals surface area contributed by atoms with Gasteiger partial charge in [0, 0.05) is 27.2 Å². The maximum atomic E-state index is 11.5. The van der Waals surface area contributed by atoms with Gasteiger partial charge in [-0.25, -0.2) is 9.79 Å². The van der Waals surface area contributed by atoms with E-state index in [1.54, 1.807) is 32.0 Å². The van der Waals surface area contributed by atoms with Gasteiger partial charge in [-0.1, -0.05) is 0 Å². The number of aromatic amines is 1. The van der Waals surface area contributed by atoms with E-state index in [0.717, 1.165) is 0 Å². The SMILES string of the molecule is CN(C)/C=N/c1[nH]nc(NCCNC(=O)OC(C)(C)C)c1C#N. The van der Waals surface area contributed by atoms with Crippen LogP contribution in [-0.4, -0.2) is 60.3 Å². The van der Waals surface area contributed by atoms with Crippen molar-refractivity contribution in [2.24, 2.45) is 4.99 Å². The zero-order valence-electron chi connectivity index (χ0n) is 14.1. The van der Waals surface area contributed by atoms with Gasteiger partial charge < -0.3 is 20.3 Å². The van der Waals surface area contributed by atoms with Crippen molar-refractivity contribution in [2.75, 3.05) is 32.5 Å². The molecule has 0 saturated carbocycles. The molecule has 1 aromatic heterocycles. The molecule has 0 radical (unpaired) electrons. The van der Waals surface area contributed by atoms with Gasteiger partial charge in [0.05, 0.1) is 6.34 Å². The second kappa shape index (κ2) is 8.03. The van der Waals surface area contributed by atoms with E-state index < -0.39 is 11.7 Å². The lowest BCUT2D eigenvalue weighted by Gasteiger charge is -2.19. The lowest BCUT2D eigenvalue weighted by Crippen LogP contribution is -2.35. The number of nitrogens with one attached hydrogen (secondary N) is 3. The summed E-state index contributed by atoms with van der Waals surface area (Å²) < 4.78 is 5.12. The fourth-order valence-corrected chi connectivity index (χ4v) is 1.49. The van der Waals surface area contributed by atoms with Crippen LogP contribution >= 0.6 is 0 Å². The summed E-state index contributed by atoms with van der Waals surface area (Å²) in [7, 11) is 3.65. The molecule has 1 heterocycles. The van der Waals surface area contributed by atoms with Gasteiger partial charge in [-0.3, -0.25) is 5.10 Å². The third kappa shape index (κ3) is 6.69. The molecule has 3 N–H and O–H groups in total. The molecule has 0 unspecified atom stereocenters. The number of nitriles is 1. The van der Waals surface area contributed by atoms with Crippen molar-refractivity contribution in [3.8, 4) is 6.07 Å². The highest BCUT2D eigenvalue weighted by molar-refractivity contribution is 5.69. The number of H-pyrrole nitrogens is 1. The summed E-state index contributed by atoms with van der Waals surface area (Å²) in [6, 6.07) is 2.05. The number of carbonyl (C=O) groups is 1. The predicted molar refractivity (Wildman–Crippen MR) is 87.9 cm³/mol. The van der Waals surface area contributed by atoms with Gasteiger partial charge in [-0.15, -0.1) is 0 Å². The Hall–Kier alpha value is -2.76. The second-order valence-corrected chi connectivity index (χ2v) is 5.97. The van der Waals surface area contributed by atoms with Crippen molar-refractivity contribution in [1.82, 2.24) is 20.4 Å². The van der Waals surface area contributed by atoms with Crippen LogP contribution in [0.5, 0.6) is 0 Å². The molecule has 0 atom stereocenters. The summed E-state index contributed by atoms with van der Waals surface area (Å²) in [5.41, 5.74) is -0.215. The van der Waals surface area contributed by atoms with Crippen LogP contribution in [0.4, 0.5) is 16.4 Å². The molecule has 0 aliphatic carbocycles. The number of ether oxygens (including phenoxy) is 1. The van der Waals surface area contributed by atoms with Crippen molar-refractivity contribution in [3.63, 3.8) is 0 Å². The fourth-order valence-electron chi connectivity index (χ4n) is 1.49. The first-order chi connectivity index (χ1) is 10.7. The minimum atomic E-state index is -0.535. The van der Waals surface area contributed by atoms with Crippen molar-refractivity contribution in [2.45, 2.75) is 26.4 Å². The first kappa shape index (κ1) is 18.3. The minimum Gasteiger partial charge on any atom is -0.444 e. The molecular weight excluding hydrogens is 298 g/mol. The van der Waals surface area contributed by atoms with E-state index in [0.29, 0.717) is 30.3 Å². The smallest absolute Gasteiger partial charge is 0.407 e. The van der Waals surface area contributed by atoms with Gasteiger partial charge in [0.1, 0.15) is 17.2 Å². The summed E-state index contributed by atoms with van der Waals surface area (Å²) in [6.45, 7) is 6.12. The van der Waals surface area contributed by atoms with Crippen LogP contribution in [0.3, 0.4) is 0 Å².